The molecule has 3 rings (SSSR count). The van der Waals surface area contributed by atoms with Crippen LogP contribution in [0.15, 0.2) is 53.4 Å². The number of hydrogen-bond donors (Lipinski definition) is 1. The highest BCUT2D eigenvalue weighted by molar-refractivity contribution is 7.92. The lowest BCUT2D eigenvalue weighted by Gasteiger charge is -2.39. The summed E-state index contributed by atoms with van der Waals surface area (Å²) >= 11 is 0. The molecule has 0 bridgehead atoms. The Morgan fingerprint density at radius 3 is 2.18 bits per heavy atom. The van der Waals surface area contributed by atoms with Crippen molar-refractivity contribution in [2.75, 3.05) is 24.4 Å². The van der Waals surface area contributed by atoms with Crippen molar-refractivity contribution in [1.82, 2.24) is 4.90 Å². The van der Waals surface area contributed by atoms with E-state index >= 15 is 0 Å². The number of sulfonamides is 1. The smallest absolute Gasteiger partial charge is 0.302 e. The fraction of sp³-hybridized carbons (Fsp3) is 0.400. The monoisotopic (exact) mass is 412 g/mol. The largest absolute Gasteiger partial charge is 0.393 e. The van der Waals surface area contributed by atoms with E-state index in [1.165, 1.54) is 29.8 Å². The summed E-state index contributed by atoms with van der Waals surface area (Å²) in [5, 5.41) is 0. The topological polar surface area (TPSA) is 49.4 Å². The van der Waals surface area contributed by atoms with Gasteiger partial charge in [-0.1, -0.05) is 31.2 Å². The van der Waals surface area contributed by atoms with Gasteiger partial charge in [0.05, 0.1) is 11.3 Å². The molecule has 0 atom stereocenters. The molecule has 28 heavy (non-hydrogen) atoms. The fourth-order valence-electron chi connectivity index (χ4n) is 3.33. The Labute approximate surface area is 163 Å². The summed E-state index contributed by atoms with van der Waals surface area (Å²) in [5.41, 5.74) is 1.62. The van der Waals surface area contributed by atoms with Crippen molar-refractivity contribution in [3.05, 3.63) is 59.7 Å². The maximum Gasteiger partial charge on any atom is 0.393 e. The predicted octanol–water partition coefficient (Wildman–Crippen LogP) is 4.40. The molecule has 2 aromatic carbocycles. The maximum atomic E-state index is 12.5. The third-order valence-electron chi connectivity index (χ3n) is 4.77. The molecule has 0 amide bonds. The van der Waals surface area contributed by atoms with Crippen molar-refractivity contribution in [1.29, 1.82) is 0 Å². The van der Waals surface area contributed by atoms with Gasteiger partial charge in [0.2, 0.25) is 0 Å². The number of rotatable bonds is 7. The first-order chi connectivity index (χ1) is 13.2. The molecular weight excluding hydrogens is 389 g/mol. The summed E-state index contributed by atoms with van der Waals surface area (Å²) in [7, 11) is -3.85. The molecule has 0 aromatic heterocycles. The second-order valence-electron chi connectivity index (χ2n) is 7.12. The van der Waals surface area contributed by atoms with Gasteiger partial charge >= 0.3 is 6.18 Å². The molecule has 8 heteroatoms. The Bertz CT molecular complexity index is 889. The van der Waals surface area contributed by atoms with Crippen molar-refractivity contribution in [3.63, 3.8) is 0 Å². The van der Waals surface area contributed by atoms with Crippen LogP contribution in [0, 0.1) is 0 Å². The molecule has 1 N–H and O–H groups in total. The molecule has 1 aliphatic rings. The van der Waals surface area contributed by atoms with Gasteiger partial charge < -0.3 is 4.90 Å². The minimum absolute atomic E-state index is 0.0217. The molecule has 1 heterocycles. The highest BCUT2D eigenvalue weighted by Gasteiger charge is 2.28. The molecule has 152 valence electrons. The number of alkyl halides is 3. The molecule has 1 saturated heterocycles. The van der Waals surface area contributed by atoms with Crippen LogP contribution in [0.1, 0.15) is 30.4 Å². The van der Waals surface area contributed by atoms with Crippen LogP contribution in [0.2, 0.25) is 0 Å². The lowest BCUT2D eigenvalue weighted by atomic mass is 9.91. The third kappa shape index (κ3) is 5.26. The van der Waals surface area contributed by atoms with Crippen LogP contribution in [0.4, 0.5) is 18.9 Å². The minimum atomic E-state index is -4.33. The van der Waals surface area contributed by atoms with Gasteiger partial charge in [-0.25, -0.2) is 8.42 Å². The van der Waals surface area contributed by atoms with Gasteiger partial charge in [-0.2, -0.15) is 13.2 Å². The van der Waals surface area contributed by atoms with Crippen LogP contribution in [-0.2, 0) is 16.4 Å². The molecule has 0 aliphatic carbocycles. The number of halogens is 3. The molecule has 0 radical (unpaired) electrons. The average Bonchev–Trinajstić information content (AvgIpc) is 2.57. The first kappa shape index (κ1) is 20.7. The minimum Gasteiger partial charge on any atom is -0.302 e. The van der Waals surface area contributed by atoms with E-state index in [0.29, 0.717) is 11.6 Å². The first-order valence-corrected chi connectivity index (χ1v) is 10.7. The van der Waals surface area contributed by atoms with Crippen molar-refractivity contribution in [2.24, 2.45) is 0 Å². The van der Waals surface area contributed by atoms with E-state index in [4.69, 9.17) is 0 Å². The van der Waals surface area contributed by atoms with Gasteiger partial charge in [-0.05, 0) is 48.4 Å². The van der Waals surface area contributed by atoms with Gasteiger partial charge in [0.15, 0.2) is 0 Å². The van der Waals surface area contributed by atoms with Gasteiger partial charge in [0.25, 0.3) is 10.0 Å². The Hall–Kier alpha value is -2.06. The van der Waals surface area contributed by atoms with E-state index in [1.54, 1.807) is 12.1 Å². The number of likely N-dealkylation sites (tertiary alicyclic amines) is 1. The van der Waals surface area contributed by atoms with Gasteiger partial charge in [-0.15, -0.1) is 0 Å². The third-order valence-corrected chi connectivity index (χ3v) is 6.17. The predicted molar refractivity (Wildman–Crippen MR) is 103 cm³/mol. The summed E-state index contributed by atoms with van der Waals surface area (Å²) in [6.45, 7) is 5.28. The van der Waals surface area contributed by atoms with Gasteiger partial charge in [0.1, 0.15) is 0 Å². The molecule has 0 spiro atoms. The highest BCUT2D eigenvalue weighted by atomic mass is 32.2. The SMILES string of the molecule is CCCN1CC(c2ccc(NS(=O)(=O)c3ccc(CC(F)(F)F)cc3)cc2)C1. The zero-order valence-electron chi connectivity index (χ0n) is 15.5. The van der Waals surface area contributed by atoms with Gasteiger partial charge in [0, 0.05) is 24.7 Å². The van der Waals surface area contributed by atoms with E-state index in [2.05, 4.69) is 16.5 Å². The quantitative estimate of drug-likeness (QED) is 0.733. The van der Waals surface area contributed by atoms with Crippen LogP contribution < -0.4 is 4.72 Å². The van der Waals surface area contributed by atoms with Crippen LogP contribution in [0.25, 0.3) is 0 Å². The van der Waals surface area contributed by atoms with Crippen molar-refractivity contribution < 1.29 is 21.6 Å². The summed E-state index contributed by atoms with van der Waals surface area (Å²) in [6, 6.07) is 12.0. The normalized spacial score (nSPS) is 16.0. The molecule has 1 fully saturated rings. The second kappa shape index (κ2) is 8.13. The standard InChI is InChI=1S/C20H23F3N2O2S/c1-2-11-25-13-17(14-25)16-5-7-18(8-6-16)24-28(26,27)19-9-3-15(4-10-19)12-20(21,22)23/h3-10,17,24H,2,11-14H2,1H3. The molecule has 2 aromatic rings. The van der Waals surface area contributed by atoms with E-state index < -0.39 is 22.6 Å². The van der Waals surface area contributed by atoms with Crippen LogP contribution >= 0.6 is 0 Å². The zero-order valence-corrected chi connectivity index (χ0v) is 16.4. The number of hydrogen-bond acceptors (Lipinski definition) is 3. The maximum absolute atomic E-state index is 12.5. The van der Waals surface area contributed by atoms with E-state index in [0.717, 1.165) is 26.1 Å². The Kier molecular flexibility index (Phi) is 6.00. The average molecular weight is 412 g/mol. The first-order valence-electron chi connectivity index (χ1n) is 9.17. The summed E-state index contributed by atoms with van der Waals surface area (Å²) in [6.07, 6.45) is -4.28. The Morgan fingerprint density at radius 2 is 1.64 bits per heavy atom. The lowest BCUT2D eigenvalue weighted by Crippen LogP contribution is -2.45. The van der Waals surface area contributed by atoms with Crippen LogP contribution in [-0.4, -0.2) is 39.1 Å². The molecule has 4 nitrogen and oxygen atoms in total. The summed E-state index contributed by atoms with van der Waals surface area (Å²) in [4.78, 5) is 2.31. The number of nitrogens with zero attached hydrogens (tertiary/aromatic N) is 1. The number of nitrogens with one attached hydrogen (secondary N) is 1. The van der Waals surface area contributed by atoms with Crippen molar-refractivity contribution in [3.8, 4) is 0 Å². The second-order valence-corrected chi connectivity index (χ2v) is 8.80. The van der Waals surface area contributed by atoms with E-state index in [1.807, 2.05) is 12.1 Å². The van der Waals surface area contributed by atoms with E-state index in [-0.39, 0.29) is 10.5 Å². The molecule has 0 saturated carbocycles. The number of benzene rings is 2. The number of anilines is 1. The summed E-state index contributed by atoms with van der Waals surface area (Å²) < 4.78 is 64.6. The van der Waals surface area contributed by atoms with Gasteiger partial charge in [-0.3, -0.25) is 4.72 Å². The zero-order chi connectivity index (χ0) is 20.4. The summed E-state index contributed by atoms with van der Waals surface area (Å²) in [5.74, 6) is 0.471. The fourth-order valence-corrected chi connectivity index (χ4v) is 4.39. The molecule has 1 aliphatic heterocycles. The molecule has 0 unspecified atom stereocenters. The van der Waals surface area contributed by atoms with E-state index in [9.17, 15) is 21.6 Å². The Balaban J connectivity index is 1.62. The van der Waals surface area contributed by atoms with Crippen LogP contribution in [0.3, 0.4) is 0 Å². The highest BCUT2D eigenvalue weighted by Crippen LogP contribution is 2.28. The van der Waals surface area contributed by atoms with Crippen LogP contribution in [0.5, 0.6) is 0 Å². The lowest BCUT2D eigenvalue weighted by molar-refractivity contribution is -0.127. The van der Waals surface area contributed by atoms with Crippen molar-refractivity contribution in [2.45, 2.75) is 36.8 Å². The van der Waals surface area contributed by atoms with Crippen molar-refractivity contribution >= 4 is 15.7 Å². The molecular formula is C20H23F3N2O2S. The Morgan fingerprint density at radius 1 is 1.04 bits per heavy atom.